The van der Waals surface area contributed by atoms with Crippen molar-refractivity contribution in [3.05, 3.63) is 12.4 Å². The van der Waals surface area contributed by atoms with Crippen LogP contribution in [0.15, 0.2) is 12.4 Å². The summed E-state index contributed by atoms with van der Waals surface area (Å²) in [5.41, 5.74) is 0. The number of nitrogens with one attached hydrogen (secondary N) is 2. The Balaban J connectivity index is 2.67. The second-order valence-corrected chi connectivity index (χ2v) is 3.12. The molecule has 1 aromatic heterocycles. The van der Waals surface area contributed by atoms with E-state index < -0.39 is 0 Å². The third kappa shape index (κ3) is 3.27. The van der Waals surface area contributed by atoms with E-state index in [9.17, 15) is 0 Å². The van der Waals surface area contributed by atoms with Crippen LogP contribution in [0, 0.1) is 0 Å². The van der Waals surface area contributed by atoms with Crippen molar-refractivity contribution in [1.29, 1.82) is 0 Å². The molecule has 1 heterocycles. The molecule has 0 aliphatic heterocycles. The Hall–Kier alpha value is -1.32. The highest BCUT2D eigenvalue weighted by Crippen LogP contribution is 2.06. The summed E-state index contributed by atoms with van der Waals surface area (Å²) in [6.45, 7) is 7.03. The summed E-state index contributed by atoms with van der Waals surface area (Å²) in [5.74, 6) is 1.63. The van der Waals surface area contributed by atoms with Gasteiger partial charge < -0.3 is 10.6 Å². The van der Waals surface area contributed by atoms with Gasteiger partial charge in [0.25, 0.3) is 0 Å². The van der Waals surface area contributed by atoms with Crippen LogP contribution in [0.4, 0.5) is 11.6 Å². The number of rotatable bonds is 4. The lowest BCUT2D eigenvalue weighted by molar-refractivity contribution is 0.885. The third-order valence-electron chi connectivity index (χ3n) is 1.43. The van der Waals surface area contributed by atoms with Crippen LogP contribution in [0.25, 0.3) is 0 Å². The summed E-state index contributed by atoms with van der Waals surface area (Å²) in [6.07, 6.45) is 3.44. The average molecular weight is 180 g/mol. The third-order valence-corrected chi connectivity index (χ3v) is 1.43. The van der Waals surface area contributed by atoms with E-state index in [1.54, 1.807) is 12.4 Å². The maximum Gasteiger partial charge on any atom is 0.147 e. The van der Waals surface area contributed by atoms with Crippen LogP contribution in [-0.2, 0) is 0 Å². The fraction of sp³-hybridized carbons (Fsp3) is 0.556. The lowest BCUT2D eigenvalue weighted by Gasteiger charge is -2.09. The van der Waals surface area contributed by atoms with Gasteiger partial charge in [0.05, 0.1) is 12.4 Å². The molecule has 0 radical (unpaired) electrons. The van der Waals surface area contributed by atoms with Gasteiger partial charge in [0, 0.05) is 12.6 Å². The number of nitrogens with zero attached hydrogens (tertiary/aromatic N) is 2. The molecule has 0 bridgehead atoms. The first kappa shape index (κ1) is 9.77. The Labute approximate surface area is 78.8 Å². The van der Waals surface area contributed by atoms with E-state index in [-0.39, 0.29) is 0 Å². The van der Waals surface area contributed by atoms with Crippen molar-refractivity contribution in [1.82, 2.24) is 9.97 Å². The van der Waals surface area contributed by atoms with E-state index in [1.807, 2.05) is 6.92 Å². The summed E-state index contributed by atoms with van der Waals surface area (Å²) < 4.78 is 0. The van der Waals surface area contributed by atoms with Crippen molar-refractivity contribution in [2.24, 2.45) is 0 Å². The second-order valence-electron chi connectivity index (χ2n) is 3.12. The van der Waals surface area contributed by atoms with Crippen LogP contribution >= 0.6 is 0 Å². The van der Waals surface area contributed by atoms with Gasteiger partial charge >= 0.3 is 0 Å². The molecular weight excluding hydrogens is 164 g/mol. The van der Waals surface area contributed by atoms with E-state index in [2.05, 4.69) is 34.4 Å². The molecule has 4 heteroatoms. The Kier molecular flexibility index (Phi) is 3.49. The molecule has 13 heavy (non-hydrogen) atoms. The largest absolute Gasteiger partial charge is 0.369 e. The second kappa shape index (κ2) is 4.64. The zero-order chi connectivity index (χ0) is 9.68. The molecule has 0 saturated carbocycles. The zero-order valence-electron chi connectivity index (χ0n) is 8.33. The van der Waals surface area contributed by atoms with Crippen molar-refractivity contribution in [2.75, 3.05) is 17.2 Å². The molecule has 72 valence electrons. The summed E-state index contributed by atoms with van der Waals surface area (Å²) >= 11 is 0. The van der Waals surface area contributed by atoms with Crippen LogP contribution in [-0.4, -0.2) is 22.6 Å². The number of hydrogen-bond acceptors (Lipinski definition) is 4. The van der Waals surface area contributed by atoms with Crippen LogP contribution in [0.3, 0.4) is 0 Å². The van der Waals surface area contributed by atoms with Gasteiger partial charge in [0.2, 0.25) is 0 Å². The first-order valence-corrected chi connectivity index (χ1v) is 4.54. The highest BCUT2D eigenvalue weighted by atomic mass is 15.1. The monoisotopic (exact) mass is 180 g/mol. The predicted molar refractivity (Wildman–Crippen MR) is 55.0 cm³/mol. The van der Waals surface area contributed by atoms with E-state index in [0.717, 1.165) is 18.2 Å². The number of aromatic nitrogens is 2. The van der Waals surface area contributed by atoms with E-state index in [0.29, 0.717) is 6.04 Å². The Morgan fingerprint density at radius 1 is 1.31 bits per heavy atom. The molecule has 2 N–H and O–H groups in total. The molecule has 4 nitrogen and oxygen atoms in total. The molecule has 0 spiro atoms. The van der Waals surface area contributed by atoms with Gasteiger partial charge in [-0.15, -0.1) is 0 Å². The van der Waals surface area contributed by atoms with Crippen molar-refractivity contribution in [3.63, 3.8) is 0 Å². The fourth-order valence-electron chi connectivity index (χ4n) is 0.998. The quantitative estimate of drug-likeness (QED) is 0.741. The standard InChI is InChI=1S/C9H16N4/c1-4-11-8-5-10-6-9(13-8)12-7(2)3/h5-7H,4H2,1-3H3,(H2,11,12,13). The molecule has 0 aliphatic carbocycles. The van der Waals surface area contributed by atoms with E-state index in [1.165, 1.54) is 0 Å². The molecule has 0 atom stereocenters. The minimum absolute atomic E-state index is 0.381. The van der Waals surface area contributed by atoms with Gasteiger partial charge in [-0.3, -0.25) is 4.98 Å². The SMILES string of the molecule is CCNc1cncc(NC(C)C)n1. The number of hydrogen-bond donors (Lipinski definition) is 2. The molecule has 0 amide bonds. The summed E-state index contributed by atoms with van der Waals surface area (Å²) in [5, 5.41) is 6.30. The van der Waals surface area contributed by atoms with Gasteiger partial charge in [0.1, 0.15) is 11.6 Å². The Bertz CT molecular complexity index is 260. The fourth-order valence-corrected chi connectivity index (χ4v) is 0.998. The smallest absolute Gasteiger partial charge is 0.147 e. The van der Waals surface area contributed by atoms with Crippen LogP contribution in [0.5, 0.6) is 0 Å². The topological polar surface area (TPSA) is 49.8 Å². The lowest BCUT2D eigenvalue weighted by Crippen LogP contribution is -2.12. The maximum atomic E-state index is 4.32. The molecule has 0 saturated heterocycles. The highest BCUT2D eigenvalue weighted by Gasteiger charge is 1.98. The van der Waals surface area contributed by atoms with Crippen molar-refractivity contribution >= 4 is 11.6 Å². The van der Waals surface area contributed by atoms with Gasteiger partial charge in [-0.05, 0) is 20.8 Å². The van der Waals surface area contributed by atoms with E-state index >= 15 is 0 Å². The molecule has 1 rings (SSSR count). The molecule has 1 aromatic rings. The van der Waals surface area contributed by atoms with Crippen LogP contribution in [0.1, 0.15) is 20.8 Å². The Morgan fingerprint density at radius 2 is 2.00 bits per heavy atom. The summed E-state index contributed by atoms with van der Waals surface area (Å²) in [6, 6.07) is 0.381. The number of anilines is 2. The van der Waals surface area contributed by atoms with Crippen LogP contribution in [0.2, 0.25) is 0 Å². The van der Waals surface area contributed by atoms with Gasteiger partial charge in [-0.25, -0.2) is 4.98 Å². The molecule has 0 aliphatic rings. The minimum atomic E-state index is 0.381. The van der Waals surface area contributed by atoms with Gasteiger partial charge in [0.15, 0.2) is 0 Å². The highest BCUT2D eigenvalue weighted by molar-refractivity contribution is 5.41. The van der Waals surface area contributed by atoms with Crippen molar-refractivity contribution in [3.8, 4) is 0 Å². The Morgan fingerprint density at radius 3 is 2.62 bits per heavy atom. The van der Waals surface area contributed by atoms with Crippen molar-refractivity contribution in [2.45, 2.75) is 26.8 Å². The van der Waals surface area contributed by atoms with Crippen LogP contribution < -0.4 is 10.6 Å². The average Bonchev–Trinajstić information content (AvgIpc) is 2.04. The summed E-state index contributed by atoms with van der Waals surface area (Å²) in [4.78, 5) is 8.39. The maximum absolute atomic E-state index is 4.32. The minimum Gasteiger partial charge on any atom is -0.369 e. The molecule has 0 fully saturated rings. The normalized spacial score (nSPS) is 10.2. The lowest BCUT2D eigenvalue weighted by atomic mass is 10.4. The molecular formula is C9H16N4. The van der Waals surface area contributed by atoms with Crippen molar-refractivity contribution < 1.29 is 0 Å². The van der Waals surface area contributed by atoms with Gasteiger partial charge in [-0.1, -0.05) is 0 Å². The van der Waals surface area contributed by atoms with Gasteiger partial charge in [-0.2, -0.15) is 0 Å². The van der Waals surface area contributed by atoms with E-state index in [4.69, 9.17) is 0 Å². The molecule has 0 aromatic carbocycles. The first-order chi connectivity index (χ1) is 6.22. The molecule has 0 unspecified atom stereocenters. The predicted octanol–water partition coefficient (Wildman–Crippen LogP) is 1.73. The summed E-state index contributed by atoms with van der Waals surface area (Å²) in [7, 11) is 0. The first-order valence-electron chi connectivity index (χ1n) is 4.54. The zero-order valence-corrected chi connectivity index (χ0v) is 8.33.